The van der Waals surface area contributed by atoms with Gasteiger partial charge in [0.05, 0.1) is 13.7 Å². The highest BCUT2D eigenvalue weighted by molar-refractivity contribution is 5.79. The van der Waals surface area contributed by atoms with E-state index in [2.05, 4.69) is 37.3 Å². The Morgan fingerprint density at radius 3 is 2.50 bits per heavy atom. The molecule has 1 fully saturated rings. The monoisotopic (exact) mass is 458 g/mol. The smallest absolute Gasteiger partial charge is 0.133 e. The van der Waals surface area contributed by atoms with Crippen LogP contribution in [0.2, 0.25) is 0 Å². The van der Waals surface area contributed by atoms with Crippen LogP contribution in [0.1, 0.15) is 55.2 Å². The van der Waals surface area contributed by atoms with E-state index in [1.165, 1.54) is 35.6 Å². The minimum atomic E-state index is -0.263. The molecule has 3 unspecified atom stereocenters. The molecule has 1 heterocycles. The number of rotatable bonds is 7. The number of carbonyl (C=O) groups is 1. The van der Waals surface area contributed by atoms with Crippen molar-refractivity contribution in [2.45, 2.75) is 44.9 Å². The Morgan fingerprint density at radius 1 is 1.06 bits per heavy atom. The average molecular weight is 459 g/mol. The van der Waals surface area contributed by atoms with Crippen molar-refractivity contribution in [2.75, 3.05) is 13.7 Å². The van der Waals surface area contributed by atoms with E-state index in [1.54, 1.807) is 26.2 Å². The van der Waals surface area contributed by atoms with Gasteiger partial charge < -0.3 is 9.47 Å². The molecule has 0 saturated heterocycles. The van der Waals surface area contributed by atoms with Crippen LogP contribution < -0.4 is 9.47 Å². The molecular weight excluding hydrogens is 427 g/mol. The maximum absolute atomic E-state index is 14.4. The second-order valence-electron chi connectivity index (χ2n) is 9.81. The maximum Gasteiger partial charge on any atom is 0.133 e. The molecule has 5 rings (SSSR count). The topological polar surface area (TPSA) is 35.5 Å². The Labute approximate surface area is 200 Å². The van der Waals surface area contributed by atoms with Gasteiger partial charge in [0.25, 0.3) is 0 Å². The second-order valence-corrected chi connectivity index (χ2v) is 9.81. The fourth-order valence-corrected chi connectivity index (χ4v) is 5.30. The van der Waals surface area contributed by atoms with Crippen LogP contribution in [0.15, 0.2) is 60.7 Å². The molecule has 176 valence electrons. The van der Waals surface area contributed by atoms with Crippen LogP contribution in [0.3, 0.4) is 0 Å². The second kappa shape index (κ2) is 9.25. The van der Waals surface area contributed by atoms with E-state index in [0.29, 0.717) is 29.8 Å². The summed E-state index contributed by atoms with van der Waals surface area (Å²) >= 11 is 0. The SMILES string of the molecule is COc1ccc(F)c(-c2ccc(C3COc4ccc(C(C5CC5)C(C)C(C)=O)cc4C3)cc2)c1. The zero-order valence-corrected chi connectivity index (χ0v) is 20.0. The number of methoxy groups -OCH3 is 1. The third kappa shape index (κ3) is 4.46. The van der Waals surface area contributed by atoms with Gasteiger partial charge in [-0.05, 0) is 84.5 Å². The van der Waals surface area contributed by atoms with Crippen LogP contribution in [0.4, 0.5) is 4.39 Å². The van der Waals surface area contributed by atoms with Crippen molar-refractivity contribution in [2.24, 2.45) is 11.8 Å². The Bertz CT molecular complexity index is 1200. The number of ether oxygens (including phenoxy) is 2. The molecule has 1 aliphatic carbocycles. The first-order valence-electron chi connectivity index (χ1n) is 12.1. The predicted octanol–water partition coefficient (Wildman–Crippen LogP) is 6.94. The molecule has 0 N–H and O–H groups in total. The zero-order valence-electron chi connectivity index (χ0n) is 20.0. The molecule has 3 atom stereocenters. The van der Waals surface area contributed by atoms with Crippen molar-refractivity contribution in [3.8, 4) is 22.6 Å². The number of benzene rings is 3. The first-order valence-corrected chi connectivity index (χ1v) is 12.1. The first kappa shape index (κ1) is 22.6. The third-order valence-corrected chi connectivity index (χ3v) is 7.55. The summed E-state index contributed by atoms with van der Waals surface area (Å²) in [5.74, 6) is 2.75. The van der Waals surface area contributed by atoms with Gasteiger partial charge in [0, 0.05) is 17.4 Å². The van der Waals surface area contributed by atoms with Crippen molar-refractivity contribution in [1.82, 2.24) is 0 Å². The molecule has 3 aromatic carbocycles. The first-order chi connectivity index (χ1) is 16.4. The number of ketones is 1. The van der Waals surface area contributed by atoms with Gasteiger partial charge in [-0.15, -0.1) is 0 Å². The molecule has 0 bridgehead atoms. The lowest BCUT2D eigenvalue weighted by Crippen LogP contribution is -2.21. The molecule has 3 aromatic rings. The van der Waals surface area contributed by atoms with Crippen molar-refractivity contribution >= 4 is 5.78 Å². The Balaban J connectivity index is 1.37. The van der Waals surface area contributed by atoms with Crippen molar-refractivity contribution in [3.63, 3.8) is 0 Å². The van der Waals surface area contributed by atoms with Gasteiger partial charge in [-0.1, -0.05) is 43.3 Å². The summed E-state index contributed by atoms with van der Waals surface area (Å²) < 4.78 is 25.8. The zero-order chi connectivity index (χ0) is 23.8. The molecule has 0 aromatic heterocycles. The summed E-state index contributed by atoms with van der Waals surface area (Å²) in [5, 5.41) is 0. The molecule has 4 heteroatoms. The van der Waals surface area contributed by atoms with Crippen LogP contribution in [-0.4, -0.2) is 19.5 Å². The van der Waals surface area contributed by atoms with Gasteiger partial charge in [0.2, 0.25) is 0 Å². The third-order valence-electron chi connectivity index (χ3n) is 7.55. The van der Waals surface area contributed by atoms with Crippen LogP contribution in [0, 0.1) is 17.7 Å². The summed E-state index contributed by atoms with van der Waals surface area (Å²) in [7, 11) is 1.58. The number of carbonyl (C=O) groups excluding carboxylic acids is 1. The van der Waals surface area contributed by atoms with Gasteiger partial charge in [-0.25, -0.2) is 4.39 Å². The van der Waals surface area contributed by atoms with Crippen molar-refractivity contribution in [3.05, 3.63) is 83.2 Å². The van der Waals surface area contributed by atoms with Gasteiger partial charge in [0.1, 0.15) is 23.1 Å². The Kier molecular flexibility index (Phi) is 6.16. The van der Waals surface area contributed by atoms with Crippen molar-refractivity contribution < 1.29 is 18.7 Å². The quantitative estimate of drug-likeness (QED) is 0.385. The summed E-state index contributed by atoms with van der Waals surface area (Å²) in [4.78, 5) is 12.1. The fraction of sp³-hybridized carbons (Fsp3) is 0.367. The molecule has 34 heavy (non-hydrogen) atoms. The molecule has 1 aliphatic heterocycles. The normalized spacial score (nSPS) is 19.0. The highest BCUT2D eigenvalue weighted by Gasteiger charge is 2.38. The van der Waals surface area contributed by atoms with Crippen LogP contribution in [0.5, 0.6) is 11.5 Å². The summed E-state index contributed by atoms with van der Waals surface area (Å²) in [6.45, 7) is 4.39. The standard InChI is InChI=1S/C30H31FO3/c1-18(19(2)32)30(22-8-9-22)23-10-13-29-24(14-23)15-25(17-34-29)20-4-6-21(7-5-20)27-16-26(33-3)11-12-28(27)31/h4-7,10-14,16,18,22,25,30H,8-9,15,17H2,1-3H3. The molecular formula is C30H31FO3. The van der Waals surface area contributed by atoms with E-state index in [9.17, 15) is 9.18 Å². The Morgan fingerprint density at radius 2 is 1.82 bits per heavy atom. The van der Waals surface area contributed by atoms with Crippen LogP contribution in [-0.2, 0) is 11.2 Å². The van der Waals surface area contributed by atoms with E-state index in [1.807, 2.05) is 12.1 Å². The van der Waals surface area contributed by atoms with Crippen LogP contribution >= 0.6 is 0 Å². The number of hydrogen-bond donors (Lipinski definition) is 0. The van der Waals surface area contributed by atoms with Gasteiger partial charge >= 0.3 is 0 Å². The minimum absolute atomic E-state index is 0.0374. The van der Waals surface area contributed by atoms with Gasteiger partial charge in [-0.2, -0.15) is 0 Å². The van der Waals surface area contributed by atoms with E-state index in [0.717, 1.165) is 17.7 Å². The van der Waals surface area contributed by atoms with Crippen molar-refractivity contribution in [1.29, 1.82) is 0 Å². The summed E-state index contributed by atoms with van der Waals surface area (Å²) in [6, 6.07) is 19.4. The lowest BCUT2D eigenvalue weighted by molar-refractivity contribution is -0.121. The lowest BCUT2D eigenvalue weighted by atomic mass is 9.80. The highest BCUT2D eigenvalue weighted by Crippen LogP contribution is 2.48. The number of fused-ring (bicyclic) bond motifs is 1. The van der Waals surface area contributed by atoms with Gasteiger partial charge in [0.15, 0.2) is 0 Å². The Hall–Kier alpha value is -3.14. The maximum atomic E-state index is 14.4. The molecule has 2 aliphatic rings. The molecule has 1 saturated carbocycles. The summed E-state index contributed by atoms with van der Waals surface area (Å²) in [5.41, 5.74) is 5.01. The fourth-order valence-electron chi connectivity index (χ4n) is 5.30. The molecule has 3 nitrogen and oxygen atoms in total. The minimum Gasteiger partial charge on any atom is -0.497 e. The number of hydrogen-bond acceptors (Lipinski definition) is 3. The molecule has 0 spiro atoms. The lowest BCUT2D eigenvalue weighted by Gasteiger charge is -2.28. The summed E-state index contributed by atoms with van der Waals surface area (Å²) in [6.07, 6.45) is 3.30. The van der Waals surface area contributed by atoms with E-state index >= 15 is 0 Å². The van der Waals surface area contributed by atoms with E-state index < -0.39 is 0 Å². The molecule has 0 radical (unpaired) electrons. The number of Topliss-reactive ketones (excluding diaryl/α,β-unsaturated/α-hetero) is 1. The largest absolute Gasteiger partial charge is 0.497 e. The highest BCUT2D eigenvalue weighted by atomic mass is 19.1. The van der Waals surface area contributed by atoms with E-state index in [-0.39, 0.29) is 23.4 Å². The molecule has 0 amide bonds. The van der Waals surface area contributed by atoms with E-state index in [4.69, 9.17) is 9.47 Å². The van der Waals surface area contributed by atoms with Gasteiger partial charge in [-0.3, -0.25) is 4.79 Å². The predicted molar refractivity (Wildman–Crippen MR) is 132 cm³/mol. The van der Waals surface area contributed by atoms with Crippen LogP contribution in [0.25, 0.3) is 11.1 Å². The average Bonchev–Trinajstić information content (AvgIpc) is 3.69. The number of halogens is 1.